The number of halogens is 1. The Labute approximate surface area is 160 Å². The first kappa shape index (κ1) is 19.3. The summed E-state index contributed by atoms with van der Waals surface area (Å²) >= 11 is 0. The molecule has 0 unspecified atom stereocenters. The number of anilines is 2. The Kier molecular flexibility index (Phi) is 6.40. The number of carbonyl (C=O) groups is 1. The van der Waals surface area contributed by atoms with Gasteiger partial charge in [0.2, 0.25) is 0 Å². The Morgan fingerprint density at radius 1 is 1.15 bits per heavy atom. The maximum Gasteiger partial charge on any atom is 0.258 e. The Morgan fingerprint density at radius 2 is 1.96 bits per heavy atom. The van der Waals surface area contributed by atoms with Gasteiger partial charge in [0, 0.05) is 26.2 Å². The zero-order chi connectivity index (χ0) is 19.2. The van der Waals surface area contributed by atoms with Gasteiger partial charge in [-0.2, -0.15) is 0 Å². The van der Waals surface area contributed by atoms with E-state index in [9.17, 15) is 9.18 Å². The molecule has 1 saturated heterocycles. The predicted molar refractivity (Wildman–Crippen MR) is 107 cm³/mol. The van der Waals surface area contributed by atoms with Crippen LogP contribution >= 0.6 is 0 Å². The number of pyridine rings is 1. The van der Waals surface area contributed by atoms with E-state index < -0.39 is 11.7 Å². The van der Waals surface area contributed by atoms with Gasteiger partial charge in [-0.25, -0.2) is 9.37 Å². The zero-order valence-electron chi connectivity index (χ0n) is 16.0. The molecule has 0 bridgehead atoms. The standard InChI is InChI=1S/C21H27FN4O/c1-16(2)15-25-10-5-11-26(13-12-25)20-9-8-17(14-23-20)24-21(27)18-6-3-4-7-19(18)22/h3-4,6-9,14,16H,5,10-13,15H2,1-2H3,(H,24,27). The van der Waals surface area contributed by atoms with Crippen LogP contribution in [-0.4, -0.2) is 48.5 Å². The molecule has 1 aliphatic heterocycles. The number of benzene rings is 1. The second-order valence-electron chi connectivity index (χ2n) is 7.37. The van der Waals surface area contributed by atoms with Crippen LogP contribution in [0.5, 0.6) is 0 Å². The average Bonchev–Trinajstić information content (AvgIpc) is 2.88. The maximum atomic E-state index is 13.7. The highest BCUT2D eigenvalue weighted by Gasteiger charge is 2.17. The maximum absolute atomic E-state index is 13.7. The molecule has 6 heteroatoms. The molecule has 0 radical (unpaired) electrons. The molecule has 1 aromatic heterocycles. The van der Waals surface area contributed by atoms with E-state index in [0.717, 1.165) is 45.0 Å². The van der Waals surface area contributed by atoms with E-state index >= 15 is 0 Å². The normalized spacial score (nSPS) is 15.6. The smallest absolute Gasteiger partial charge is 0.258 e. The Morgan fingerprint density at radius 3 is 2.67 bits per heavy atom. The van der Waals surface area contributed by atoms with Crippen molar-refractivity contribution < 1.29 is 9.18 Å². The van der Waals surface area contributed by atoms with Crippen LogP contribution in [0.4, 0.5) is 15.9 Å². The Bertz CT molecular complexity index is 763. The van der Waals surface area contributed by atoms with Crippen LogP contribution in [0.3, 0.4) is 0 Å². The molecule has 3 rings (SSSR count). The SMILES string of the molecule is CC(C)CN1CCCN(c2ccc(NC(=O)c3ccccc3F)cn2)CC1. The third-order valence-corrected chi connectivity index (χ3v) is 4.66. The molecule has 0 aliphatic carbocycles. The molecule has 1 amide bonds. The summed E-state index contributed by atoms with van der Waals surface area (Å²) < 4.78 is 13.7. The van der Waals surface area contributed by atoms with Gasteiger partial charge in [0.25, 0.3) is 5.91 Å². The van der Waals surface area contributed by atoms with E-state index in [2.05, 4.69) is 33.9 Å². The van der Waals surface area contributed by atoms with Gasteiger partial charge in [-0.05, 0) is 43.1 Å². The number of hydrogen-bond acceptors (Lipinski definition) is 4. The lowest BCUT2D eigenvalue weighted by Crippen LogP contribution is -2.33. The first-order chi connectivity index (χ1) is 13.0. The second-order valence-corrected chi connectivity index (χ2v) is 7.37. The van der Waals surface area contributed by atoms with Gasteiger partial charge in [0.15, 0.2) is 0 Å². The summed E-state index contributed by atoms with van der Waals surface area (Å²) in [6.45, 7) is 9.69. The lowest BCUT2D eigenvalue weighted by atomic mass is 10.2. The predicted octanol–water partition coefficient (Wildman–Crippen LogP) is 3.64. The lowest BCUT2D eigenvalue weighted by molar-refractivity contribution is 0.102. The minimum atomic E-state index is -0.532. The summed E-state index contributed by atoms with van der Waals surface area (Å²) in [5.74, 6) is 0.578. The minimum absolute atomic E-state index is 0.0272. The molecule has 0 atom stereocenters. The summed E-state index contributed by atoms with van der Waals surface area (Å²) in [5.41, 5.74) is 0.586. The molecule has 1 aromatic carbocycles. The van der Waals surface area contributed by atoms with Crippen molar-refractivity contribution in [3.63, 3.8) is 0 Å². The van der Waals surface area contributed by atoms with Gasteiger partial charge < -0.3 is 15.1 Å². The van der Waals surface area contributed by atoms with Crippen molar-refractivity contribution in [2.45, 2.75) is 20.3 Å². The van der Waals surface area contributed by atoms with E-state index in [1.54, 1.807) is 18.3 Å². The zero-order valence-corrected chi connectivity index (χ0v) is 16.0. The topological polar surface area (TPSA) is 48.5 Å². The van der Waals surface area contributed by atoms with Crippen LogP contribution in [0.15, 0.2) is 42.6 Å². The fourth-order valence-corrected chi connectivity index (χ4v) is 3.39. The van der Waals surface area contributed by atoms with Gasteiger partial charge in [0.05, 0.1) is 17.4 Å². The van der Waals surface area contributed by atoms with Crippen molar-refractivity contribution >= 4 is 17.4 Å². The van der Waals surface area contributed by atoms with Gasteiger partial charge in [-0.1, -0.05) is 26.0 Å². The largest absolute Gasteiger partial charge is 0.355 e. The van der Waals surface area contributed by atoms with Crippen molar-refractivity contribution in [3.8, 4) is 0 Å². The summed E-state index contributed by atoms with van der Waals surface area (Å²) in [6.07, 6.45) is 2.74. The number of nitrogens with one attached hydrogen (secondary N) is 1. The monoisotopic (exact) mass is 370 g/mol. The summed E-state index contributed by atoms with van der Waals surface area (Å²) in [7, 11) is 0. The van der Waals surface area contributed by atoms with Gasteiger partial charge in [0.1, 0.15) is 11.6 Å². The van der Waals surface area contributed by atoms with Crippen LogP contribution in [-0.2, 0) is 0 Å². The van der Waals surface area contributed by atoms with E-state index in [0.29, 0.717) is 11.6 Å². The first-order valence-corrected chi connectivity index (χ1v) is 9.52. The van der Waals surface area contributed by atoms with Crippen LogP contribution in [0.25, 0.3) is 0 Å². The van der Waals surface area contributed by atoms with Crippen LogP contribution in [0, 0.1) is 11.7 Å². The molecule has 144 valence electrons. The molecule has 1 fully saturated rings. The highest BCUT2D eigenvalue weighted by atomic mass is 19.1. The van der Waals surface area contributed by atoms with Crippen LogP contribution in [0.1, 0.15) is 30.6 Å². The molecule has 5 nitrogen and oxygen atoms in total. The number of hydrogen-bond donors (Lipinski definition) is 1. The van der Waals surface area contributed by atoms with Crippen molar-refractivity contribution in [2.75, 3.05) is 42.9 Å². The molecule has 1 aliphatic rings. The molecule has 1 N–H and O–H groups in total. The van der Waals surface area contributed by atoms with Crippen molar-refractivity contribution in [1.82, 2.24) is 9.88 Å². The van der Waals surface area contributed by atoms with Crippen molar-refractivity contribution in [2.24, 2.45) is 5.92 Å². The second kappa shape index (κ2) is 8.95. The first-order valence-electron chi connectivity index (χ1n) is 9.52. The summed E-state index contributed by atoms with van der Waals surface area (Å²) in [4.78, 5) is 21.5. The number of carbonyl (C=O) groups excluding carboxylic acids is 1. The van der Waals surface area contributed by atoms with Crippen LogP contribution < -0.4 is 10.2 Å². The molecular weight excluding hydrogens is 343 g/mol. The Balaban J connectivity index is 1.60. The van der Waals surface area contributed by atoms with Crippen molar-refractivity contribution in [1.29, 1.82) is 0 Å². The van der Waals surface area contributed by atoms with Crippen LogP contribution in [0.2, 0.25) is 0 Å². The summed E-state index contributed by atoms with van der Waals surface area (Å²) in [6, 6.07) is 9.67. The summed E-state index contributed by atoms with van der Waals surface area (Å²) in [5, 5.41) is 2.70. The van der Waals surface area contributed by atoms with E-state index in [4.69, 9.17) is 0 Å². The number of rotatable bonds is 5. The third-order valence-electron chi connectivity index (χ3n) is 4.66. The average molecular weight is 370 g/mol. The Hall–Kier alpha value is -2.47. The highest BCUT2D eigenvalue weighted by molar-refractivity contribution is 6.04. The quantitative estimate of drug-likeness (QED) is 0.873. The van der Waals surface area contributed by atoms with Gasteiger partial charge in [-0.3, -0.25) is 4.79 Å². The van der Waals surface area contributed by atoms with E-state index in [1.165, 1.54) is 12.1 Å². The highest BCUT2D eigenvalue weighted by Crippen LogP contribution is 2.18. The lowest BCUT2D eigenvalue weighted by Gasteiger charge is -2.23. The molecule has 0 saturated carbocycles. The molecule has 2 aromatic rings. The van der Waals surface area contributed by atoms with Crippen molar-refractivity contribution in [3.05, 3.63) is 54.0 Å². The molecule has 2 heterocycles. The van der Waals surface area contributed by atoms with Gasteiger partial charge >= 0.3 is 0 Å². The number of aromatic nitrogens is 1. The van der Waals surface area contributed by atoms with E-state index in [-0.39, 0.29) is 5.56 Å². The number of amides is 1. The molecular formula is C21H27FN4O. The fraction of sp³-hybridized carbons (Fsp3) is 0.429. The minimum Gasteiger partial charge on any atom is -0.355 e. The molecule has 27 heavy (non-hydrogen) atoms. The number of nitrogens with zero attached hydrogens (tertiary/aromatic N) is 3. The molecule has 0 spiro atoms. The van der Waals surface area contributed by atoms with Gasteiger partial charge in [-0.15, -0.1) is 0 Å². The fourth-order valence-electron chi connectivity index (χ4n) is 3.39. The van der Waals surface area contributed by atoms with E-state index in [1.807, 2.05) is 12.1 Å². The third kappa shape index (κ3) is 5.26.